The van der Waals surface area contributed by atoms with E-state index in [4.69, 9.17) is 0 Å². The maximum absolute atomic E-state index is 12.2. The third kappa shape index (κ3) is 4.68. The first-order valence-corrected chi connectivity index (χ1v) is 9.70. The molecule has 0 fully saturated rings. The van der Waals surface area contributed by atoms with E-state index < -0.39 is 0 Å². The van der Waals surface area contributed by atoms with Crippen LogP contribution in [0.3, 0.4) is 0 Å². The van der Waals surface area contributed by atoms with Crippen molar-refractivity contribution in [3.63, 3.8) is 0 Å². The Bertz CT molecular complexity index is 916. The Balaban J connectivity index is 1.64. The largest absolute Gasteiger partial charge is 0.325 e. The molecule has 0 saturated carbocycles. The van der Waals surface area contributed by atoms with Crippen molar-refractivity contribution in [3.8, 4) is 10.6 Å². The van der Waals surface area contributed by atoms with Crippen molar-refractivity contribution in [2.75, 3.05) is 10.6 Å². The molecule has 0 spiro atoms. The summed E-state index contributed by atoms with van der Waals surface area (Å²) in [4.78, 5) is 12.2. The molecule has 3 rings (SSSR count). The number of aromatic nitrogens is 2. The molecule has 0 saturated heterocycles. The second-order valence-corrected chi connectivity index (χ2v) is 8.72. The van der Waals surface area contributed by atoms with Crippen LogP contribution in [0.2, 0.25) is 0 Å². The predicted molar refractivity (Wildman–Crippen MR) is 111 cm³/mol. The summed E-state index contributed by atoms with van der Waals surface area (Å²) >= 11 is 4.76. The predicted octanol–water partition coefficient (Wildman–Crippen LogP) is 5.91. The van der Waals surface area contributed by atoms with Crippen molar-refractivity contribution in [1.29, 1.82) is 0 Å². The minimum atomic E-state index is -0.342. The number of rotatable bonds is 3. The maximum atomic E-state index is 12.2. The third-order valence-electron chi connectivity index (χ3n) is 3.73. The zero-order valence-electron chi connectivity index (χ0n) is 14.7. The number of hydrogen-bond donors (Lipinski definition) is 2. The molecular formula is C19H19BrN4OS. The summed E-state index contributed by atoms with van der Waals surface area (Å²) in [6.07, 6.45) is 0. The Morgan fingerprint density at radius 1 is 1.04 bits per heavy atom. The van der Waals surface area contributed by atoms with Crippen molar-refractivity contribution < 1.29 is 4.79 Å². The van der Waals surface area contributed by atoms with E-state index in [1.165, 1.54) is 16.9 Å². The normalized spacial score (nSPS) is 11.2. The van der Waals surface area contributed by atoms with Crippen LogP contribution < -0.4 is 10.6 Å². The molecule has 0 aliphatic carbocycles. The van der Waals surface area contributed by atoms with Crippen LogP contribution >= 0.6 is 27.3 Å². The molecule has 0 radical (unpaired) electrons. The molecule has 0 aliphatic rings. The summed E-state index contributed by atoms with van der Waals surface area (Å²) in [7, 11) is 0. The fourth-order valence-electron chi connectivity index (χ4n) is 2.32. The van der Waals surface area contributed by atoms with Gasteiger partial charge in [0, 0.05) is 15.7 Å². The number of halogens is 1. The van der Waals surface area contributed by atoms with E-state index in [9.17, 15) is 4.79 Å². The molecule has 0 bridgehead atoms. The lowest BCUT2D eigenvalue weighted by atomic mass is 9.87. The van der Waals surface area contributed by atoms with Gasteiger partial charge in [-0.1, -0.05) is 72.3 Å². The number of nitrogens with one attached hydrogen (secondary N) is 2. The van der Waals surface area contributed by atoms with Crippen molar-refractivity contribution >= 4 is 44.1 Å². The van der Waals surface area contributed by atoms with E-state index in [0.717, 1.165) is 20.7 Å². The van der Waals surface area contributed by atoms with Crippen molar-refractivity contribution in [2.45, 2.75) is 26.2 Å². The molecule has 2 aromatic carbocycles. The van der Waals surface area contributed by atoms with Gasteiger partial charge in [0.05, 0.1) is 0 Å². The van der Waals surface area contributed by atoms with E-state index in [1.807, 2.05) is 48.5 Å². The van der Waals surface area contributed by atoms with Crippen LogP contribution in [0.4, 0.5) is 15.6 Å². The molecule has 1 heterocycles. The fraction of sp³-hybridized carbons (Fsp3) is 0.211. The summed E-state index contributed by atoms with van der Waals surface area (Å²) < 4.78 is 0.969. The summed E-state index contributed by atoms with van der Waals surface area (Å²) in [6, 6.07) is 15.3. The van der Waals surface area contributed by atoms with Crippen LogP contribution in [0.5, 0.6) is 0 Å². The van der Waals surface area contributed by atoms with Gasteiger partial charge in [0.2, 0.25) is 5.13 Å². The minimum Gasteiger partial charge on any atom is -0.308 e. The van der Waals surface area contributed by atoms with Gasteiger partial charge < -0.3 is 5.32 Å². The van der Waals surface area contributed by atoms with E-state index in [-0.39, 0.29) is 11.4 Å². The standard InChI is InChI=1S/C19H19BrN4OS/c1-19(2,3)13-7-9-15(10-8-13)21-17(25)22-18-24-23-16(26-18)12-5-4-6-14(20)11-12/h4-11H,1-3H3,(H2,21,22,24,25). The first-order valence-electron chi connectivity index (χ1n) is 8.09. The molecule has 3 aromatic rings. The summed E-state index contributed by atoms with van der Waals surface area (Å²) in [5.74, 6) is 0. The first-order chi connectivity index (χ1) is 12.3. The topological polar surface area (TPSA) is 66.9 Å². The monoisotopic (exact) mass is 430 g/mol. The average Bonchev–Trinajstić information content (AvgIpc) is 3.03. The second kappa shape index (κ2) is 7.55. The van der Waals surface area contributed by atoms with Gasteiger partial charge in [-0.25, -0.2) is 4.79 Å². The number of urea groups is 1. The Labute approximate surface area is 165 Å². The first kappa shape index (κ1) is 18.5. The minimum absolute atomic E-state index is 0.0795. The van der Waals surface area contributed by atoms with E-state index in [0.29, 0.717) is 5.13 Å². The quantitative estimate of drug-likeness (QED) is 0.542. The van der Waals surface area contributed by atoms with Gasteiger partial charge in [0.25, 0.3) is 0 Å². The van der Waals surface area contributed by atoms with Gasteiger partial charge in [-0.2, -0.15) is 0 Å². The van der Waals surface area contributed by atoms with Crippen LogP contribution in [0.1, 0.15) is 26.3 Å². The summed E-state index contributed by atoms with van der Waals surface area (Å²) in [6.45, 7) is 6.46. The molecular weight excluding hydrogens is 412 g/mol. The van der Waals surface area contributed by atoms with Gasteiger partial charge in [-0.05, 0) is 35.2 Å². The highest BCUT2D eigenvalue weighted by atomic mass is 79.9. The van der Waals surface area contributed by atoms with Gasteiger partial charge in [-0.3, -0.25) is 5.32 Å². The fourth-order valence-corrected chi connectivity index (χ4v) is 3.46. The van der Waals surface area contributed by atoms with Crippen LogP contribution in [0.25, 0.3) is 10.6 Å². The lowest BCUT2D eigenvalue weighted by Gasteiger charge is -2.19. The Morgan fingerprint density at radius 3 is 2.42 bits per heavy atom. The highest BCUT2D eigenvalue weighted by Crippen LogP contribution is 2.28. The Kier molecular flexibility index (Phi) is 5.38. The molecule has 5 nitrogen and oxygen atoms in total. The molecule has 0 atom stereocenters. The van der Waals surface area contributed by atoms with Crippen molar-refractivity contribution in [3.05, 3.63) is 58.6 Å². The van der Waals surface area contributed by atoms with Crippen LogP contribution in [0, 0.1) is 0 Å². The zero-order valence-corrected chi connectivity index (χ0v) is 17.1. The summed E-state index contributed by atoms with van der Waals surface area (Å²) in [5, 5.41) is 14.9. The highest BCUT2D eigenvalue weighted by Gasteiger charge is 2.14. The molecule has 2 N–H and O–H groups in total. The SMILES string of the molecule is CC(C)(C)c1ccc(NC(=O)Nc2nnc(-c3cccc(Br)c3)s2)cc1. The lowest BCUT2D eigenvalue weighted by molar-refractivity contribution is 0.262. The van der Waals surface area contributed by atoms with Crippen molar-refractivity contribution in [1.82, 2.24) is 10.2 Å². The Hall–Kier alpha value is -2.25. The number of amides is 2. The summed E-state index contributed by atoms with van der Waals surface area (Å²) in [5.41, 5.74) is 2.97. The zero-order chi connectivity index (χ0) is 18.7. The van der Waals surface area contributed by atoms with Crippen LogP contribution in [-0.2, 0) is 5.41 Å². The van der Waals surface area contributed by atoms with Crippen LogP contribution in [0.15, 0.2) is 53.0 Å². The van der Waals surface area contributed by atoms with Gasteiger partial charge in [0.1, 0.15) is 5.01 Å². The molecule has 26 heavy (non-hydrogen) atoms. The maximum Gasteiger partial charge on any atom is 0.325 e. The van der Waals surface area contributed by atoms with Crippen LogP contribution in [-0.4, -0.2) is 16.2 Å². The lowest BCUT2D eigenvalue weighted by Crippen LogP contribution is -2.19. The number of benzene rings is 2. The molecule has 0 aliphatic heterocycles. The van der Waals surface area contributed by atoms with E-state index >= 15 is 0 Å². The van der Waals surface area contributed by atoms with E-state index in [2.05, 4.69) is 57.5 Å². The number of nitrogens with zero attached hydrogens (tertiary/aromatic N) is 2. The van der Waals surface area contributed by atoms with Gasteiger partial charge in [0.15, 0.2) is 0 Å². The molecule has 134 valence electrons. The third-order valence-corrected chi connectivity index (χ3v) is 5.11. The number of carbonyl (C=O) groups excluding carboxylic acids is 1. The number of anilines is 2. The van der Waals surface area contributed by atoms with Gasteiger partial charge in [-0.15, -0.1) is 10.2 Å². The number of hydrogen-bond acceptors (Lipinski definition) is 4. The molecule has 1 aromatic heterocycles. The average molecular weight is 431 g/mol. The number of carbonyl (C=O) groups is 1. The molecule has 0 unspecified atom stereocenters. The molecule has 2 amide bonds. The van der Waals surface area contributed by atoms with Gasteiger partial charge >= 0.3 is 6.03 Å². The van der Waals surface area contributed by atoms with E-state index in [1.54, 1.807) is 0 Å². The molecule has 7 heteroatoms. The second-order valence-electron chi connectivity index (χ2n) is 6.83. The Morgan fingerprint density at radius 2 is 1.77 bits per heavy atom. The smallest absolute Gasteiger partial charge is 0.308 e. The highest BCUT2D eigenvalue weighted by molar-refractivity contribution is 9.10. The van der Waals surface area contributed by atoms with Crippen molar-refractivity contribution in [2.24, 2.45) is 0 Å².